The molecule has 0 aliphatic rings. The van der Waals surface area contributed by atoms with E-state index >= 15 is 0 Å². The van der Waals surface area contributed by atoms with E-state index in [9.17, 15) is 0 Å². The molecule has 0 spiro atoms. The summed E-state index contributed by atoms with van der Waals surface area (Å²) >= 11 is 7.98. The summed E-state index contributed by atoms with van der Waals surface area (Å²) < 4.78 is 4.01. The average Bonchev–Trinajstić information content (AvgIpc) is 3.00. The largest absolute Gasteiger partial charge is 0.306 e. The van der Waals surface area contributed by atoms with Crippen LogP contribution >= 0.6 is 22.9 Å². The van der Waals surface area contributed by atoms with Crippen molar-refractivity contribution in [2.24, 2.45) is 7.05 Å². The standard InChI is InChI=1S/C13H16ClN5S/c1-7(14)12-16-11-8(2)17-18(4)13(11)19(12)6-10-5-15-9(3)20-10/h5,7H,6H2,1-4H3. The van der Waals surface area contributed by atoms with Crippen LogP contribution in [0.25, 0.3) is 11.2 Å². The Hall–Kier alpha value is -1.40. The number of hydrogen-bond donors (Lipinski definition) is 0. The van der Waals surface area contributed by atoms with Gasteiger partial charge in [0.1, 0.15) is 11.3 Å². The zero-order valence-electron chi connectivity index (χ0n) is 11.9. The number of alkyl halides is 1. The van der Waals surface area contributed by atoms with Gasteiger partial charge in [-0.25, -0.2) is 9.97 Å². The molecular formula is C13H16ClN5S. The van der Waals surface area contributed by atoms with E-state index in [1.165, 1.54) is 4.88 Å². The van der Waals surface area contributed by atoms with Gasteiger partial charge < -0.3 is 4.57 Å². The van der Waals surface area contributed by atoms with Crippen LogP contribution in [0.2, 0.25) is 0 Å². The Kier molecular flexibility index (Phi) is 3.30. The van der Waals surface area contributed by atoms with Gasteiger partial charge in [0, 0.05) is 18.1 Å². The van der Waals surface area contributed by atoms with E-state index in [0.717, 1.165) is 34.2 Å². The van der Waals surface area contributed by atoms with Crippen molar-refractivity contribution >= 4 is 34.1 Å². The molecule has 0 saturated carbocycles. The minimum absolute atomic E-state index is 0.143. The van der Waals surface area contributed by atoms with Crippen molar-refractivity contribution in [1.82, 2.24) is 24.3 Å². The monoisotopic (exact) mass is 309 g/mol. The number of aromatic nitrogens is 5. The van der Waals surface area contributed by atoms with E-state index in [1.807, 2.05) is 38.7 Å². The zero-order chi connectivity index (χ0) is 14.4. The average molecular weight is 310 g/mol. The fourth-order valence-corrected chi connectivity index (χ4v) is 3.40. The SMILES string of the molecule is Cc1ncc(Cn2c(C(C)Cl)nc3c(C)nn(C)c32)s1. The predicted molar refractivity (Wildman–Crippen MR) is 81.5 cm³/mol. The molecule has 0 saturated heterocycles. The Balaban J connectivity index is 2.18. The lowest BCUT2D eigenvalue weighted by atomic mass is 10.4. The maximum atomic E-state index is 6.29. The normalized spacial score (nSPS) is 13.2. The molecule has 3 aromatic heterocycles. The molecule has 0 aliphatic carbocycles. The molecule has 5 nitrogen and oxygen atoms in total. The summed E-state index contributed by atoms with van der Waals surface area (Å²) in [6.07, 6.45) is 1.91. The van der Waals surface area contributed by atoms with E-state index in [2.05, 4.69) is 19.6 Å². The number of imidazole rings is 1. The minimum atomic E-state index is -0.143. The molecule has 1 unspecified atom stereocenters. The Bertz CT molecular complexity index is 767. The van der Waals surface area contributed by atoms with Crippen LogP contribution in [0.5, 0.6) is 0 Å². The molecule has 20 heavy (non-hydrogen) atoms. The van der Waals surface area contributed by atoms with Crippen molar-refractivity contribution < 1.29 is 0 Å². The number of fused-ring (bicyclic) bond motifs is 1. The van der Waals surface area contributed by atoms with Crippen LogP contribution in [0.1, 0.15) is 33.7 Å². The lowest BCUT2D eigenvalue weighted by Crippen LogP contribution is -2.08. The van der Waals surface area contributed by atoms with Crippen molar-refractivity contribution in [3.8, 4) is 0 Å². The first-order chi connectivity index (χ1) is 9.47. The number of nitrogens with zero attached hydrogens (tertiary/aromatic N) is 5. The third-order valence-electron chi connectivity index (χ3n) is 3.26. The first-order valence-corrected chi connectivity index (χ1v) is 7.67. The highest BCUT2D eigenvalue weighted by Gasteiger charge is 2.20. The summed E-state index contributed by atoms with van der Waals surface area (Å²) in [5, 5.41) is 5.36. The minimum Gasteiger partial charge on any atom is -0.306 e. The molecular weight excluding hydrogens is 294 g/mol. The maximum Gasteiger partial charge on any atom is 0.159 e. The topological polar surface area (TPSA) is 48.5 Å². The quantitative estimate of drug-likeness (QED) is 0.698. The van der Waals surface area contributed by atoms with E-state index in [-0.39, 0.29) is 5.38 Å². The van der Waals surface area contributed by atoms with Gasteiger partial charge in [0.15, 0.2) is 5.65 Å². The van der Waals surface area contributed by atoms with Crippen LogP contribution in [0.3, 0.4) is 0 Å². The maximum absolute atomic E-state index is 6.29. The predicted octanol–water partition coefficient (Wildman–Crippen LogP) is 3.19. The highest BCUT2D eigenvalue weighted by atomic mass is 35.5. The Morgan fingerprint density at radius 3 is 2.75 bits per heavy atom. The second-order valence-electron chi connectivity index (χ2n) is 4.90. The molecule has 7 heteroatoms. The van der Waals surface area contributed by atoms with E-state index in [1.54, 1.807) is 11.3 Å². The van der Waals surface area contributed by atoms with Crippen molar-refractivity contribution in [3.63, 3.8) is 0 Å². The summed E-state index contributed by atoms with van der Waals surface area (Å²) in [4.78, 5) is 10.2. The molecule has 0 fully saturated rings. The summed E-state index contributed by atoms with van der Waals surface area (Å²) in [7, 11) is 1.94. The van der Waals surface area contributed by atoms with E-state index in [4.69, 9.17) is 11.6 Å². The molecule has 0 N–H and O–H groups in total. The van der Waals surface area contributed by atoms with E-state index < -0.39 is 0 Å². The number of thiazole rings is 1. The van der Waals surface area contributed by atoms with Gasteiger partial charge in [0.2, 0.25) is 0 Å². The van der Waals surface area contributed by atoms with Crippen LogP contribution < -0.4 is 0 Å². The van der Waals surface area contributed by atoms with Crippen LogP contribution in [0.15, 0.2) is 6.20 Å². The summed E-state index contributed by atoms with van der Waals surface area (Å²) in [6, 6.07) is 0. The van der Waals surface area contributed by atoms with Gasteiger partial charge in [-0.05, 0) is 20.8 Å². The number of aryl methyl sites for hydroxylation is 3. The Morgan fingerprint density at radius 2 is 2.15 bits per heavy atom. The lowest BCUT2D eigenvalue weighted by Gasteiger charge is -2.09. The fourth-order valence-electron chi connectivity index (χ4n) is 2.45. The number of hydrogen-bond acceptors (Lipinski definition) is 4. The molecule has 3 heterocycles. The van der Waals surface area contributed by atoms with Gasteiger partial charge in [-0.2, -0.15) is 5.10 Å². The molecule has 0 aromatic carbocycles. The Morgan fingerprint density at radius 1 is 1.40 bits per heavy atom. The van der Waals surface area contributed by atoms with Crippen LogP contribution in [-0.4, -0.2) is 24.3 Å². The van der Waals surface area contributed by atoms with Gasteiger partial charge in [0.25, 0.3) is 0 Å². The number of halogens is 1. The number of rotatable bonds is 3. The lowest BCUT2D eigenvalue weighted by molar-refractivity contribution is 0.690. The first-order valence-electron chi connectivity index (χ1n) is 6.42. The van der Waals surface area contributed by atoms with Crippen LogP contribution in [0.4, 0.5) is 0 Å². The first kappa shape index (κ1) is 13.6. The molecule has 106 valence electrons. The third-order valence-corrected chi connectivity index (χ3v) is 4.35. The van der Waals surface area contributed by atoms with Crippen LogP contribution in [0, 0.1) is 13.8 Å². The van der Waals surface area contributed by atoms with Gasteiger partial charge >= 0.3 is 0 Å². The van der Waals surface area contributed by atoms with Gasteiger partial charge in [0.05, 0.1) is 22.6 Å². The molecule has 0 bridgehead atoms. The summed E-state index contributed by atoms with van der Waals surface area (Å²) in [5.74, 6) is 0.879. The molecule has 0 aliphatic heterocycles. The highest BCUT2D eigenvalue weighted by molar-refractivity contribution is 7.11. The second kappa shape index (κ2) is 4.86. The van der Waals surface area contributed by atoms with Crippen molar-refractivity contribution in [1.29, 1.82) is 0 Å². The molecule has 0 radical (unpaired) electrons. The molecule has 3 rings (SSSR count). The summed E-state index contributed by atoms with van der Waals surface area (Å²) in [5.41, 5.74) is 2.87. The third kappa shape index (κ3) is 2.13. The van der Waals surface area contributed by atoms with Crippen LogP contribution in [-0.2, 0) is 13.6 Å². The van der Waals surface area contributed by atoms with Gasteiger partial charge in [-0.3, -0.25) is 4.68 Å². The van der Waals surface area contributed by atoms with Gasteiger partial charge in [-0.15, -0.1) is 22.9 Å². The zero-order valence-corrected chi connectivity index (χ0v) is 13.5. The van der Waals surface area contributed by atoms with Crippen molar-refractivity contribution in [2.75, 3.05) is 0 Å². The molecule has 3 aromatic rings. The second-order valence-corrected chi connectivity index (χ2v) is 6.87. The van der Waals surface area contributed by atoms with Crippen molar-refractivity contribution in [3.05, 3.63) is 27.6 Å². The van der Waals surface area contributed by atoms with E-state index in [0.29, 0.717) is 0 Å². The Labute approximate surface area is 126 Å². The molecule has 1 atom stereocenters. The smallest absolute Gasteiger partial charge is 0.159 e. The molecule has 0 amide bonds. The fraction of sp³-hybridized carbons (Fsp3) is 0.462. The highest BCUT2D eigenvalue weighted by Crippen LogP contribution is 2.27. The van der Waals surface area contributed by atoms with Crippen molar-refractivity contribution in [2.45, 2.75) is 32.7 Å². The van der Waals surface area contributed by atoms with Gasteiger partial charge in [-0.1, -0.05) is 0 Å². The summed E-state index contributed by atoms with van der Waals surface area (Å²) in [6.45, 7) is 6.66.